The van der Waals surface area contributed by atoms with Gasteiger partial charge in [0.2, 0.25) is 11.8 Å². The number of ether oxygens (including phenoxy) is 1. The van der Waals surface area contributed by atoms with Gasteiger partial charge < -0.3 is 15.3 Å². The molecule has 0 aliphatic carbocycles. The van der Waals surface area contributed by atoms with E-state index in [0.29, 0.717) is 5.92 Å². The maximum absolute atomic E-state index is 12.3. The Hall–Kier alpha value is -0.920. The predicted molar refractivity (Wildman–Crippen MR) is 96.4 cm³/mol. The van der Waals surface area contributed by atoms with Gasteiger partial charge in [0, 0.05) is 24.3 Å². The molecule has 1 rings (SSSR count). The first-order valence-electron chi connectivity index (χ1n) is 8.33. The zero-order chi connectivity index (χ0) is 18.4. The Morgan fingerprint density at radius 2 is 2.00 bits per heavy atom. The number of aliphatic hydroxyl groups is 1. The van der Waals surface area contributed by atoms with Gasteiger partial charge in [-0.05, 0) is 38.4 Å². The second-order valence-electron chi connectivity index (χ2n) is 7.45. The fourth-order valence-electron chi connectivity index (χ4n) is 2.17. The Balaban J connectivity index is 2.40. The quantitative estimate of drug-likeness (QED) is 0.548. The molecular formula is C17H30N2O4S. The van der Waals surface area contributed by atoms with Crippen LogP contribution in [0.5, 0.6) is 0 Å². The number of carbonyl (C=O) groups is 2. The van der Waals surface area contributed by atoms with E-state index in [0.717, 1.165) is 31.8 Å². The molecule has 7 heteroatoms. The third-order valence-electron chi connectivity index (χ3n) is 4.36. The Morgan fingerprint density at radius 3 is 2.54 bits per heavy atom. The largest absolute Gasteiger partial charge is 0.395 e. The van der Waals surface area contributed by atoms with Gasteiger partial charge in [0.1, 0.15) is 0 Å². The Kier molecular flexibility index (Phi) is 7.89. The van der Waals surface area contributed by atoms with Crippen LogP contribution >= 0.6 is 11.8 Å². The zero-order valence-corrected chi connectivity index (χ0v) is 15.9. The number of carbonyl (C=O) groups excluding carboxylic acids is 2. The van der Waals surface area contributed by atoms with Crippen LogP contribution in [0.4, 0.5) is 0 Å². The smallest absolute Gasteiger partial charge is 0.242 e. The van der Waals surface area contributed by atoms with Crippen LogP contribution in [0.25, 0.3) is 0 Å². The summed E-state index contributed by atoms with van der Waals surface area (Å²) in [5.41, 5.74) is -0.643. The van der Waals surface area contributed by atoms with Gasteiger partial charge in [0.05, 0.1) is 17.8 Å². The zero-order valence-electron chi connectivity index (χ0n) is 15.1. The first-order valence-corrected chi connectivity index (χ1v) is 9.32. The third-order valence-corrected chi connectivity index (χ3v) is 5.71. The van der Waals surface area contributed by atoms with Crippen LogP contribution in [-0.2, 0) is 14.3 Å². The number of nitrogens with one attached hydrogen (secondary N) is 2. The summed E-state index contributed by atoms with van der Waals surface area (Å²) in [5, 5.41) is 19.5. The van der Waals surface area contributed by atoms with E-state index >= 15 is 0 Å². The van der Waals surface area contributed by atoms with E-state index < -0.39 is 16.1 Å². The maximum atomic E-state index is 12.3. The van der Waals surface area contributed by atoms with E-state index in [9.17, 15) is 14.7 Å². The van der Waals surface area contributed by atoms with Crippen molar-refractivity contribution >= 4 is 29.3 Å². The normalized spacial score (nSPS) is 18.5. The number of rotatable bonds is 9. The highest BCUT2D eigenvalue weighted by atomic mass is 32.2. The van der Waals surface area contributed by atoms with Crippen LogP contribution in [0.3, 0.4) is 0 Å². The second kappa shape index (κ2) is 8.97. The number of aliphatic hydroxyl groups excluding tert-OH is 1. The summed E-state index contributed by atoms with van der Waals surface area (Å²) < 4.78 is 4.64. The van der Waals surface area contributed by atoms with E-state index in [4.69, 9.17) is 10.1 Å². The first-order chi connectivity index (χ1) is 11.1. The average Bonchev–Trinajstić information content (AvgIpc) is 2.99. The second-order valence-corrected chi connectivity index (χ2v) is 9.17. The van der Waals surface area contributed by atoms with Crippen molar-refractivity contribution in [2.24, 2.45) is 11.3 Å². The van der Waals surface area contributed by atoms with Crippen molar-refractivity contribution in [3.05, 3.63) is 0 Å². The van der Waals surface area contributed by atoms with Gasteiger partial charge in [0.25, 0.3) is 0 Å². The number of hydrogen-bond acceptors (Lipinski definition) is 6. The lowest BCUT2D eigenvalue weighted by molar-refractivity contribution is -0.130. The van der Waals surface area contributed by atoms with Crippen LogP contribution in [0.15, 0.2) is 0 Å². The predicted octanol–water partition coefficient (Wildman–Crippen LogP) is 2.00. The van der Waals surface area contributed by atoms with Crippen LogP contribution in [0, 0.1) is 16.7 Å². The van der Waals surface area contributed by atoms with Gasteiger partial charge in [-0.15, -0.1) is 11.8 Å². The summed E-state index contributed by atoms with van der Waals surface area (Å²) in [7, 11) is 0. The molecule has 6 nitrogen and oxygen atoms in total. The van der Waals surface area contributed by atoms with Crippen molar-refractivity contribution in [3.63, 3.8) is 0 Å². The number of hydrogen-bond donors (Lipinski definition) is 3. The molecule has 1 saturated heterocycles. The Morgan fingerprint density at radius 1 is 1.33 bits per heavy atom. The van der Waals surface area contributed by atoms with Crippen LogP contribution < -0.4 is 5.32 Å². The van der Waals surface area contributed by atoms with Gasteiger partial charge in [-0.3, -0.25) is 14.9 Å². The highest BCUT2D eigenvalue weighted by Crippen LogP contribution is 2.28. The monoisotopic (exact) mass is 358 g/mol. The average molecular weight is 359 g/mol. The molecule has 0 aromatic heterocycles. The highest BCUT2D eigenvalue weighted by Gasteiger charge is 2.31. The molecule has 0 spiro atoms. The Labute approximate surface area is 148 Å². The molecule has 1 atom stereocenters. The minimum absolute atomic E-state index is 0.113. The topological polar surface area (TPSA) is 99.5 Å². The molecule has 24 heavy (non-hydrogen) atoms. The summed E-state index contributed by atoms with van der Waals surface area (Å²) in [5.74, 6) is 0.578. The number of thioether (sulfide) groups is 1. The molecule has 2 amide bonds. The molecule has 0 aromatic carbocycles. The van der Waals surface area contributed by atoms with Crippen molar-refractivity contribution in [1.29, 1.82) is 5.41 Å². The van der Waals surface area contributed by atoms with E-state index in [1.807, 2.05) is 0 Å². The summed E-state index contributed by atoms with van der Waals surface area (Å²) >= 11 is 1.53. The van der Waals surface area contributed by atoms with Crippen molar-refractivity contribution in [2.45, 2.75) is 51.7 Å². The van der Waals surface area contributed by atoms with E-state index in [1.54, 1.807) is 27.7 Å². The fraction of sp³-hybridized carbons (Fsp3) is 0.824. The number of imide groups is 1. The minimum Gasteiger partial charge on any atom is -0.395 e. The minimum atomic E-state index is -0.756. The summed E-state index contributed by atoms with van der Waals surface area (Å²) in [4.78, 5) is 24.3. The molecule has 1 aliphatic rings. The standard InChI is InChI=1S/C17H30N2O4S/c1-16(2,11-20)13(18)9-14(21)19-15(22)17(3,4)24-8-6-12-5-7-23-10-12/h12,18,20H,5-11H2,1-4H3,(H,19,21,22). The molecule has 3 N–H and O–H groups in total. The lowest BCUT2D eigenvalue weighted by atomic mass is 9.86. The SMILES string of the molecule is CC(C)(CO)C(=N)CC(=O)NC(=O)C(C)(C)SCCC1CCOC1. The molecular weight excluding hydrogens is 328 g/mol. The highest BCUT2D eigenvalue weighted by molar-refractivity contribution is 8.01. The first kappa shape index (κ1) is 21.1. The molecule has 1 unspecified atom stereocenters. The Bertz CT molecular complexity index is 471. The van der Waals surface area contributed by atoms with Crippen molar-refractivity contribution in [2.75, 3.05) is 25.6 Å². The van der Waals surface area contributed by atoms with E-state index in [2.05, 4.69) is 5.32 Å². The molecule has 1 heterocycles. The third kappa shape index (κ3) is 6.53. The van der Waals surface area contributed by atoms with Crippen LogP contribution in [0.1, 0.15) is 47.0 Å². The van der Waals surface area contributed by atoms with Crippen LogP contribution in [0.2, 0.25) is 0 Å². The van der Waals surface area contributed by atoms with Crippen LogP contribution in [-0.4, -0.2) is 53.0 Å². The molecule has 1 aliphatic heterocycles. The molecule has 138 valence electrons. The molecule has 0 bridgehead atoms. The van der Waals surface area contributed by atoms with Crippen molar-refractivity contribution < 1.29 is 19.4 Å². The summed E-state index contributed by atoms with van der Waals surface area (Å²) in [6, 6.07) is 0. The van der Waals surface area contributed by atoms with E-state index in [-0.39, 0.29) is 24.6 Å². The summed E-state index contributed by atoms with van der Waals surface area (Å²) in [6.45, 7) is 8.40. The maximum Gasteiger partial charge on any atom is 0.242 e. The number of amides is 2. The molecule has 0 saturated carbocycles. The van der Waals surface area contributed by atoms with E-state index in [1.165, 1.54) is 11.8 Å². The lowest BCUT2D eigenvalue weighted by Crippen LogP contribution is -2.44. The van der Waals surface area contributed by atoms with Crippen molar-refractivity contribution in [3.8, 4) is 0 Å². The molecule has 1 fully saturated rings. The molecule has 0 aromatic rings. The molecule has 0 radical (unpaired) electrons. The fourth-order valence-corrected chi connectivity index (χ4v) is 3.32. The van der Waals surface area contributed by atoms with Gasteiger partial charge in [0.15, 0.2) is 0 Å². The van der Waals surface area contributed by atoms with Crippen molar-refractivity contribution in [1.82, 2.24) is 5.32 Å². The van der Waals surface area contributed by atoms with Gasteiger partial charge in [-0.25, -0.2) is 0 Å². The lowest BCUT2D eigenvalue weighted by Gasteiger charge is -2.25. The van der Waals surface area contributed by atoms with Gasteiger partial charge >= 0.3 is 0 Å². The van der Waals surface area contributed by atoms with Gasteiger partial charge in [-0.1, -0.05) is 13.8 Å². The van der Waals surface area contributed by atoms with Gasteiger partial charge in [-0.2, -0.15) is 0 Å². The summed E-state index contributed by atoms with van der Waals surface area (Å²) in [6.07, 6.45) is 1.90.